The van der Waals surface area contributed by atoms with Gasteiger partial charge >= 0.3 is 6.09 Å². The maximum absolute atomic E-state index is 11.4. The number of rotatable bonds is 6. The first kappa shape index (κ1) is 19.3. The van der Waals surface area contributed by atoms with Gasteiger partial charge in [-0.05, 0) is 49.4 Å². The van der Waals surface area contributed by atoms with Crippen LogP contribution in [0, 0.1) is 0 Å². The number of benzene rings is 1. The third-order valence-electron chi connectivity index (χ3n) is 3.88. The molecule has 1 amide bonds. The Morgan fingerprint density at radius 1 is 1.33 bits per heavy atom. The van der Waals surface area contributed by atoms with E-state index in [9.17, 15) is 9.90 Å². The van der Waals surface area contributed by atoms with Gasteiger partial charge in [-0.1, -0.05) is 38.4 Å². The minimum atomic E-state index is -0.862. The van der Waals surface area contributed by atoms with Gasteiger partial charge in [-0.15, -0.1) is 0 Å². The average molecular weight is 368 g/mol. The number of hydrogen-bond donors (Lipinski definition) is 1. The number of amides is 1. The molecule has 1 N–H and O–H groups in total. The van der Waals surface area contributed by atoms with Crippen LogP contribution in [0.15, 0.2) is 18.2 Å². The van der Waals surface area contributed by atoms with Crippen molar-refractivity contribution in [3.05, 3.63) is 34.3 Å². The lowest BCUT2D eigenvalue weighted by atomic mass is 9.96. The van der Waals surface area contributed by atoms with E-state index in [1.165, 1.54) is 4.90 Å². The van der Waals surface area contributed by atoms with Crippen LogP contribution >= 0.6 is 11.6 Å². The second-order valence-electron chi connectivity index (χ2n) is 7.92. The molecule has 0 heterocycles. The highest BCUT2D eigenvalue weighted by Gasteiger charge is 2.33. The van der Waals surface area contributed by atoms with Crippen molar-refractivity contribution in [3.8, 4) is 0 Å². The quantitative estimate of drug-likeness (QED) is 0.714. The fourth-order valence-corrected chi connectivity index (χ4v) is 3.42. The Morgan fingerprint density at radius 2 is 1.96 bits per heavy atom. The smallest absolute Gasteiger partial charge is 0.407 e. The summed E-state index contributed by atoms with van der Waals surface area (Å²) in [4.78, 5) is 12.9. The maximum atomic E-state index is 11.4. The van der Waals surface area contributed by atoms with E-state index in [4.69, 9.17) is 16.0 Å². The summed E-state index contributed by atoms with van der Waals surface area (Å²) in [6.45, 7) is 10.8. The fraction of sp³-hybridized carbons (Fsp3) is 0.611. The van der Waals surface area contributed by atoms with E-state index in [1.54, 1.807) is 0 Å². The molecular weight excluding hydrogens is 342 g/mol. The van der Waals surface area contributed by atoms with E-state index >= 15 is 0 Å². The van der Waals surface area contributed by atoms with E-state index in [0.717, 1.165) is 24.0 Å². The topological polar surface area (TPSA) is 49.8 Å². The molecule has 132 valence electrons. The van der Waals surface area contributed by atoms with E-state index < -0.39 is 11.7 Å². The largest absolute Gasteiger partial charge is 0.465 e. The summed E-state index contributed by atoms with van der Waals surface area (Å²) >= 11 is 6.40. The summed E-state index contributed by atoms with van der Waals surface area (Å²) in [6.07, 6.45) is 1.04. The molecule has 0 aliphatic heterocycles. The van der Waals surface area contributed by atoms with E-state index in [1.807, 2.05) is 32.0 Å². The van der Waals surface area contributed by atoms with E-state index in [2.05, 4.69) is 20.8 Å². The molecule has 24 heavy (non-hydrogen) atoms. The van der Waals surface area contributed by atoms with Crippen molar-refractivity contribution in [1.29, 1.82) is 0 Å². The minimum Gasteiger partial charge on any atom is -0.465 e. The van der Waals surface area contributed by atoms with Gasteiger partial charge in [-0.25, -0.2) is 4.79 Å². The Bertz CT molecular complexity index is 609. The van der Waals surface area contributed by atoms with Crippen LogP contribution in [0.4, 0.5) is 4.79 Å². The third kappa shape index (κ3) is 5.23. The molecule has 4 nitrogen and oxygen atoms in total. The molecule has 1 aromatic carbocycles. The van der Waals surface area contributed by atoms with Crippen LogP contribution < -0.4 is 0 Å². The molecule has 1 aliphatic rings. The van der Waals surface area contributed by atoms with Gasteiger partial charge in [0.2, 0.25) is 9.76 Å². The van der Waals surface area contributed by atoms with Crippen molar-refractivity contribution in [2.75, 3.05) is 0 Å². The molecule has 0 unspecified atom stereocenters. The molecule has 1 fully saturated rings. The Kier molecular flexibility index (Phi) is 5.67. The van der Waals surface area contributed by atoms with Crippen molar-refractivity contribution in [1.82, 2.24) is 4.90 Å². The van der Waals surface area contributed by atoms with Crippen molar-refractivity contribution >= 4 is 27.5 Å². The molecule has 2 radical (unpaired) electrons. The van der Waals surface area contributed by atoms with Gasteiger partial charge in [0.05, 0.1) is 5.60 Å². The molecule has 0 atom stereocenters. The zero-order valence-corrected chi connectivity index (χ0v) is 16.8. The van der Waals surface area contributed by atoms with Gasteiger partial charge in [-0.3, -0.25) is 0 Å². The molecule has 0 spiro atoms. The summed E-state index contributed by atoms with van der Waals surface area (Å²) in [5.74, 6) is 0. The number of carbonyl (C=O) groups is 1. The summed E-state index contributed by atoms with van der Waals surface area (Å²) < 4.78 is 6.14. The predicted octanol–water partition coefficient (Wildman–Crippen LogP) is 5.07. The predicted molar refractivity (Wildman–Crippen MR) is 97.6 cm³/mol. The van der Waals surface area contributed by atoms with Crippen LogP contribution in [0.1, 0.15) is 58.6 Å². The van der Waals surface area contributed by atoms with E-state index in [0.29, 0.717) is 21.3 Å². The highest BCUT2D eigenvalue weighted by molar-refractivity contribution is 6.32. The van der Waals surface area contributed by atoms with Crippen LogP contribution in [-0.4, -0.2) is 31.9 Å². The zero-order chi connectivity index (χ0) is 18.1. The van der Waals surface area contributed by atoms with Gasteiger partial charge in [0.15, 0.2) is 0 Å². The first-order valence-corrected chi connectivity index (χ1v) is 9.52. The molecular formula is C18H26ClNO3Si. The molecule has 1 saturated carbocycles. The number of nitrogens with zero attached hydrogens (tertiary/aromatic N) is 1. The third-order valence-corrected chi connectivity index (χ3v) is 5.43. The molecule has 0 aromatic heterocycles. The molecule has 6 heteroatoms. The molecule has 0 bridgehead atoms. The first-order valence-electron chi connectivity index (χ1n) is 8.23. The van der Waals surface area contributed by atoms with Crippen molar-refractivity contribution < 1.29 is 14.3 Å². The van der Waals surface area contributed by atoms with Gasteiger partial charge < -0.3 is 14.4 Å². The Morgan fingerprint density at radius 3 is 2.46 bits per heavy atom. The Hall–Kier alpha value is -1.04. The molecule has 2 rings (SSSR count). The van der Waals surface area contributed by atoms with Crippen LogP contribution in [0.25, 0.3) is 0 Å². The summed E-state index contributed by atoms with van der Waals surface area (Å²) in [5.41, 5.74) is 1.32. The average Bonchev–Trinajstić information content (AvgIpc) is 3.27. The SMILES string of the molecule is CC(C)(C)[Si]OC(C)(C)c1cc(CN(C(=O)O)C2CC2)ccc1Cl. The Balaban J connectivity index is 2.19. The zero-order valence-electron chi connectivity index (χ0n) is 15.0. The lowest BCUT2D eigenvalue weighted by Crippen LogP contribution is -2.31. The minimum absolute atomic E-state index is 0.0907. The lowest BCUT2D eigenvalue weighted by molar-refractivity contribution is 0.109. The summed E-state index contributed by atoms with van der Waals surface area (Å²) in [5, 5.41) is 10.1. The van der Waals surface area contributed by atoms with Crippen molar-refractivity contribution in [3.63, 3.8) is 0 Å². The van der Waals surface area contributed by atoms with E-state index in [-0.39, 0.29) is 11.1 Å². The number of hydrogen-bond acceptors (Lipinski definition) is 2. The lowest BCUT2D eigenvalue weighted by Gasteiger charge is -2.31. The first-order chi connectivity index (χ1) is 11.0. The van der Waals surface area contributed by atoms with Crippen molar-refractivity contribution in [2.45, 2.75) is 70.7 Å². The second kappa shape index (κ2) is 7.06. The highest BCUT2D eigenvalue weighted by Crippen LogP contribution is 2.35. The van der Waals surface area contributed by atoms with Crippen molar-refractivity contribution in [2.24, 2.45) is 0 Å². The van der Waals surface area contributed by atoms with Crippen LogP contribution in [0.5, 0.6) is 0 Å². The molecule has 1 aliphatic carbocycles. The number of halogens is 1. The Labute approximate surface area is 152 Å². The maximum Gasteiger partial charge on any atom is 0.407 e. The summed E-state index contributed by atoms with van der Waals surface area (Å²) in [6, 6.07) is 5.87. The summed E-state index contributed by atoms with van der Waals surface area (Å²) in [7, 11) is 0.346. The van der Waals surface area contributed by atoms with Crippen LogP contribution in [0.3, 0.4) is 0 Å². The van der Waals surface area contributed by atoms with Gasteiger partial charge in [-0.2, -0.15) is 0 Å². The highest BCUT2D eigenvalue weighted by atomic mass is 35.5. The van der Waals surface area contributed by atoms with Crippen LogP contribution in [-0.2, 0) is 16.6 Å². The van der Waals surface area contributed by atoms with Crippen LogP contribution in [0.2, 0.25) is 10.1 Å². The second-order valence-corrected chi connectivity index (χ2v) is 10.2. The number of carboxylic acid groups (broad SMARTS) is 1. The normalized spacial score (nSPS) is 15.4. The standard InChI is InChI=1S/C18H26ClNO3Si/c1-17(2,3)24-23-18(4,5)14-10-12(6-9-15(14)19)11-20(16(21)22)13-7-8-13/h6,9-10,13H,7-8,11H2,1-5H3,(H,21,22). The van der Waals surface area contributed by atoms with Gasteiger partial charge in [0, 0.05) is 23.2 Å². The molecule has 1 aromatic rings. The monoisotopic (exact) mass is 367 g/mol. The fourth-order valence-electron chi connectivity index (χ4n) is 2.40. The molecule has 0 saturated heterocycles. The van der Waals surface area contributed by atoms with Gasteiger partial charge in [0.1, 0.15) is 0 Å². The van der Waals surface area contributed by atoms with Gasteiger partial charge in [0.25, 0.3) is 0 Å².